The molecule has 0 saturated carbocycles. The van der Waals surface area contributed by atoms with E-state index in [9.17, 15) is 22.4 Å². The van der Waals surface area contributed by atoms with Crippen LogP contribution in [0, 0.1) is 5.82 Å². The molecule has 0 unspecified atom stereocenters. The Labute approximate surface area is 238 Å². The van der Waals surface area contributed by atoms with Gasteiger partial charge in [-0.2, -0.15) is 0 Å². The molecule has 0 bridgehead atoms. The smallest absolute Gasteiger partial charge is 0.244 e. The van der Waals surface area contributed by atoms with Gasteiger partial charge in [-0.15, -0.1) is 0 Å². The number of carbonyl (C=O) groups excluding carboxylic acids is 2. The van der Waals surface area contributed by atoms with Crippen LogP contribution in [0.5, 0.6) is 0 Å². The van der Waals surface area contributed by atoms with Crippen molar-refractivity contribution in [3.05, 3.63) is 99.8 Å². The molecule has 0 aliphatic rings. The standard InChI is InChI=1S/C28H30Cl2FN3O4S/c1-19(2)32-28(36)26(15-20-7-5-4-6-8-20)33(17-21-9-10-22(29)16-25(21)30)27(35)18-34(39(3,37)38)24-13-11-23(31)12-14-24/h4-14,16,19,26H,15,17-18H2,1-3H3,(H,32,36)/t26-/m0/s1. The molecule has 0 aliphatic carbocycles. The molecule has 2 amide bonds. The van der Waals surface area contributed by atoms with Gasteiger partial charge in [-0.25, -0.2) is 12.8 Å². The number of halogens is 3. The first-order valence-electron chi connectivity index (χ1n) is 12.2. The second kappa shape index (κ2) is 13.3. The lowest BCUT2D eigenvalue weighted by atomic mass is 10.0. The quantitative estimate of drug-likeness (QED) is 0.336. The van der Waals surface area contributed by atoms with Crippen LogP contribution in [0.2, 0.25) is 10.0 Å². The highest BCUT2D eigenvalue weighted by Gasteiger charge is 2.33. The zero-order valence-corrected chi connectivity index (χ0v) is 24.1. The van der Waals surface area contributed by atoms with Crippen molar-refractivity contribution in [3.63, 3.8) is 0 Å². The van der Waals surface area contributed by atoms with Gasteiger partial charge in [0.15, 0.2) is 0 Å². The summed E-state index contributed by atoms with van der Waals surface area (Å²) in [6.45, 7) is 2.91. The van der Waals surface area contributed by atoms with Crippen LogP contribution in [0.4, 0.5) is 10.1 Å². The molecule has 0 saturated heterocycles. The summed E-state index contributed by atoms with van der Waals surface area (Å²) in [6.07, 6.45) is 1.13. The minimum atomic E-state index is -3.95. The maximum atomic E-state index is 13.9. The number of carbonyl (C=O) groups is 2. The molecule has 0 radical (unpaired) electrons. The predicted molar refractivity (Wildman–Crippen MR) is 153 cm³/mol. The van der Waals surface area contributed by atoms with Gasteiger partial charge in [0.1, 0.15) is 18.4 Å². The summed E-state index contributed by atoms with van der Waals surface area (Å²) in [5.41, 5.74) is 1.44. The topological polar surface area (TPSA) is 86.8 Å². The monoisotopic (exact) mass is 593 g/mol. The van der Waals surface area contributed by atoms with Crippen molar-refractivity contribution in [3.8, 4) is 0 Å². The Kier molecular flexibility index (Phi) is 10.4. The summed E-state index contributed by atoms with van der Waals surface area (Å²) < 4.78 is 39.8. The predicted octanol–water partition coefficient (Wildman–Crippen LogP) is 5.06. The summed E-state index contributed by atoms with van der Waals surface area (Å²) in [5.74, 6) is -1.60. The first kappa shape index (κ1) is 30.4. The van der Waals surface area contributed by atoms with E-state index in [0.717, 1.165) is 28.3 Å². The largest absolute Gasteiger partial charge is 0.352 e. The summed E-state index contributed by atoms with van der Waals surface area (Å²) in [6, 6.07) is 17.5. The Morgan fingerprint density at radius 3 is 2.18 bits per heavy atom. The van der Waals surface area contributed by atoms with Crippen LogP contribution in [0.25, 0.3) is 0 Å². The van der Waals surface area contributed by atoms with E-state index < -0.39 is 40.2 Å². The van der Waals surface area contributed by atoms with E-state index in [1.807, 2.05) is 30.3 Å². The normalized spacial score (nSPS) is 12.2. The molecular formula is C28H30Cl2FN3O4S. The number of nitrogens with one attached hydrogen (secondary N) is 1. The molecule has 1 atom stereocenters. The average Bonchev–Trinajstić information content (AvgIpc) is 2.86. The van der Waals surface area contributed by atoms with Crippen LogP contribution in [-0.2, 0) is 32.6 Å². The lowest BCUT2D eigenvalue weighted by Crippen LogP contribution is -2.54. The van der Waals surface area contributed by atoms with Crippen LogP contribution < -0.4 is 9.62 Å². The molecule has 3 aromatic rings. The van der Waals surface area contributed by atoms with Crippen LogP contribution >= 0.6 is 23.2 Å². The van der Waals surface area contributed by atoms with E-state index in [1.165, 1.54) is 23.1 Å². The number of hydrogen-bond donors (Lipinski definition) is 1. The molecule has 11 heteroatoms. The first-order chi connectivity index (χ1) is 18.3. The lowest BCUT2D eigenvalue weighted by molar-refractivity contribution is -0.140. The van der Waals surface area contributed by atoms with Crippen molar-refractivity contribution in [1.29, 1.82) is 0 Å². The molecular weight excluding hydrogens is 564 g/mol. The number of sulfonamides is 1. The minimum absolute atomic E-state index is 0.0845. The second-order valence-electron chi connectivity index (χ2n) is 9.37. The van der Waals surface area contributed by atoms with Crippen molar-refractivity contribution in [2.24, 2.45) is 0 Å². The summed E-state index contributed by atoms with van der Waals surface area (Å²) in [7, 11) is -3.95. The second-order valence-corrected chi connectivity index (χ2v) is 12.1. The van der Waals surface area contributed by atoms with Gasteiger partial charge in [0.25, 0.3) is 0 Å². The molecule has 3 aromatic carbocycles. The van der Waals surface area contributed by atoms with Gasteiger partial charge < -0.3 is 10.2 Å². The Morgan fingerprint density at radius 1 is 0.974 bits per heavy atom. The molecule has 0 spiro atoms. The maximum absolute atomic E-state index is 13.9. The summed E-state index contributed by atoms with van der Waals surface area (Å²) in [4.78, 5) is 28.8. The van der Waals surface area contributed by atoms with Crippen LogP contribution in [0.15, 0.2) is 72.8 Å². The van der Waals surface area contributed by atoms with Gasteiger partial charge in [0.05, 0.1) is 11.9 Å². The zero-order chi connectivity index (χ0) is 28.7. The van der Waals surface area contributed by atoms with Crippen molar-refractivity contribution in [1.82, 2.24) is 10.2 Å². The highest BCUT2D eigenvalue weighted by Crippen LogP contribution is 2.25. The molecule has 0 aromatic heterocycles. The maximum Gasteiger partial charge on any atom is 0.244 e. The van der Waals surface area contributed by atoms with Crippen molar-refractivity contribution < 1.29 is 22.4 Å². The fraction of sp³-hybridized carbons (Fsp3) is 0.286. The number of hydrogen-bond acceptors (Lipinski definition) is 4. The SMILES string of the molecule is CC(C)NC(=O)[C@H](Cc1ccccc1)N(Cc1ccc(Cl)cc1Cl)C(=O)CN(c1ccc(F)cc1)S(C)(=O)=O. The Balaban J connectivity index is 2.07. The number of rotatable bonds is 11. The molecule has 0 fully saturated rings. The molecule has 3 rings (SSSR count). The molecule has 208 valence electrons. The van der Waals surface area contributed by atoms with E-state index >= 15 is 0 Å². The summed E-state index contributed by atoms with van der Waals surface area (Å²) in [5, 5.41) is 3.56. The van der Waals surface area contributed by atoms with E-state index in [-0.39, 0.29) is 24.7 Å². The third kappa shape index (κ3) is 8.68. The minimum Gasteiger partial charge on any atom is -0.352 e. The fourth-order valence-electron chi connectivity index (χ4n) is 3.99. The highest BCUT2D eigenvalue weighted by molar-refractivity contribution is 7.92. The van der Waals surface area contributed by atoms with Gasteiger partial charge in [-0.05, 0) is 61.4 Å². The Bertz CT molecular complexity index is 1400. The van der Waals surface area contributed by atoms with Gasteiger partial charge in [0, 0.05) is 29.1 Å². The number of nitrogens with zero attached hydrogens (tertiary/aromatic N) is 2. The molecule has 7 nitrogen and oxygen atoms in total. The molecule has 0 heterocycles. The molecule has 0 aliphatic heterocycles. The average molecular weight is 595 g/mol. The Morgan fingerprint density at radius 2 is 1.62 bits per heavy atom. The summed E-state index contributed by atoms with van der Waals surface area (Å²) >= 11 is 12.5. The van der Waals surface area contributed by atoms with Gasteiger partial charge in [-0.1, -0.05) is 59.6 Å². The van der Waals surface area contributed by atoms with Gasteiger partial charge in [0.2, 0.25) is 21.8 Å². The van der Waals surface area contributed by atoms with Crippen LogP contribution in [0.1, 0.15) is 25.0 Å². The van der Waals surface area contributed by atoms with Crippen molar-refractivity contribution >= 4 is 50.7 Å². The van der Waals surface area contributed by atoms with E-state index in [2.05, 4.69) is 5.32 Å². The fourth-order valence-corrected chi connectivity index (χ4v) is 5.31. The van der Waals surface area contributed by atoms with Gasteiger partial charge in [-0.3, -0.25) is 13.9 Å². The van der Waals surface area contributed by atoms with E-state index in [1.54, 1.807) is 26.0 Å². The number of benzene rings is 3. The van der Waals surface area contributed by atoms with Crippen LogP contribution in [0.3, 0.4) is 0 Å². The first-order valence-corrected chi connectivity index (χ1v) is 14.8. The Hall–Kier alpha value is -3.14. The highest BCUT2D eigenvalue weighted by atomic mass is 35.5. The lowest BCUT2D eigenvalue weighted by Gasteiger charge is -2.34. The van der Waals surface area contributed by atoms with E-state index in [4.69, 9.17) is 23.2 Å². The van der Waals surface area contributed by atoms with Crippen LogP contribution in [-0.4, -0.2) is 50.0 Å². The third-order valence-electron chi connectivity index (χ3n) is 5.85. The van der Waals surface area contributed by atoms with Gasteiger partial charge >= 0.3 is 0 Å². The van der Waals surface area contributed by atoms with Crippen molar-refractivity contribution in [2.45, 2.75) is 38.9 Å². The zero-order valence-electron chi connectivity index (χ0n) is 21.8. The molecule has 1 N–H and O–H groups in total. The number of amides is 2. The number of anilines is 1. The third-order valence-corrected chi connectivity index (χ3v) is 7.58. The molecule has 39 heavy (non-hydrogen) atoms. The van der Waals surface area contributed by atoms with Crippen molar-refractivity contribution in [2.75, 3.05) is 17.1 Å². The van der Waals surface area contributed by atoms with E-state index in [0.29, 0.717) is 15.6 Å².